The molecule has 19 rings (SSSR count). The number of halogens is 6. The van der Waals surface area contributed by atoms with Crippen LogP contribution in [0.15, 0.2) is 371 Å². The predicted octanol–water partition coefficient (Wildman–Crippen LogP) is 24.5. The molecule has 0 saturated heterocycles. The fourth-order valence-corrected chi connectivity index (χ4v) is 18.9. The van der Waals surface area contributed by atoms with Crippen LogP contribution in [0, 0.1) is 63.2 Å². The number of benzene rings is 9. The minimum Gasteiger partial charge on any atom is -0.508 e. The summed E-state index contributed by atoms with van der Waals surface area (Å²) in [6, 6.07) is 110. The van der Waals surface area contributed by atoms with Gasteiger partial charge in [0.15, 0.2) is 0 Å². The topological polar surface area (TPSA) is 277 Å². The van der Waals surface area contributed by atoms with Gasteiger partial charge in [-0.2, -0.15) is 26.3 Å². The molecule has 1 unspecified atom stereocenters. The molecule has 33 heteroatoms. The Morgan fingerprint density at radius 2 is 0.547 bits per heavy atom. The number of aliphatic hydroxyl groups excluding tert-OH is 2. The van der Waals surface area contributed by atoms with E-state index in [1.54, 1.807) is 49.1 Å². The van der Waals surface area contributed by atoms with Gasteiger partial charge in [-0.3, -0.25) is 50.3 Å². The van der Waals surface area contributed by atoms with Crippen molar-refractivity contribution in [3.05, 3.63) is 428 Å². The molecule has 150 heavy (non-hydrogen) atoms. The zero-order chi connectivity index (χ0) is 106. The standard InChI is InChI=1S/C15H14O2.2C13H13P.2C12H12F3N4.2C12H15N4.C12H8N2.2C8H11P.Eu.2Os/c16-14(12-7-3-1-4-8-12)11-15(17)13-9-5-2-6-10-13;2*1-14(12-8-4-2-5-9-12)13-10-6-3-7-11-13;2*1-11(2,3)7-4-5-16-8(6-7)9-17-10(19-18-9)12(13,14)15;2*1-8-14-11(16-15-8)10-7-9(5-6-13-10)12(2,3)4;1-3-9-5-6-10-4-2-8-14-12(10)11(9)13-7-1;2*1-9(2)8-6-4-3-5-7-8;;;/h1-11,14,16-17H;2*2-11H,1H3;2*4-6H,1-3H3;2*5-7H,1-4H3;1-8H;2*3-7H,1-2H3;;;/q;;;4*-1;;;;;2*+2/p+4. The van der Waals surface area contributed by atoms with Crippen molar-refractivity contribution in [1.82, 2.24) is 90.6 Å². The van der Waals surface area contributed by atoms with E-state index in [9.17, 15) is 36.6 Å². The molecular formula is C117H128EuF6N18O2Os2P4+4. The van der Waals surface area contributed by atoms with E-state index in [0.717, 1.165) is 49.9 Å². The maximum absolute atomic E-state index is 12.4. The van der Waals surface area contributed by atoms with Gasteiger partial charge in [-0.05, 0) is 226 Å². The van der Waals surface area contributed by atoms with Crippen LogP contribution in [0.25, 0.3) is 73.6 Å². The van der Waals surface area contributed by atoms with Crippen LogP contribution >= 0.6 is 31.7 Å². The maximum atomic E-state index is 12.4. The number of hydrogen-bond donors (Lipinski definition) is 2. The van der Waals surface area contributed by atoms with Crippen LogP contribution < -0.4 is 52.2 Å². The largest absolute Gasteiger partial charge is 2.00 e. The number of pyridine rings is 6. The molecule has 0 spiro atoms. The zero-order valence-electron chi connectivity index (χ0n) is 87.6. The summed E-state index contributed by atoms with van der Waals surface area (Å²) in [6.45, 7) is 42.5. The molecule has 19 aromatic rings. The molecule has 1 atom stereocenters. The molecule has 20 nitrogen and oxygen atoms in total. The maximum Gasteiger partial charge on any atom is 2.00 e. The first kappa shape index (κ1) is 126. The Morgan fingerprint density at radius 3 is 0.780 bits per heavy atom. The monoisotopic (exact) mass is 2590 g/mol. The van der Waals surface area contributed by atoms with Crippen LogP contribution in [0.4, 0.5) is 26.3 Å². The summed E-state index contributed by atoms with van der Waals surface area (Å²) < 4.78 is 74.4. The summed E-state index contributed by atoms with van der Waals surface area (Å²) in [5, 5.41) is 59.6. The van der Waals surface area contributed by atoms with Crippen molar-refractivity contribution in [3.63, 3.8) is 0 Å². The number of aromatic nitrogens is 18. The van der Waals surface area contributed by atoms with Gasteiger partial charge >= 0.3 is 51.9 Å². The summed E-state index contributed by atoms with van der Waals surface area (Å²) in [5.74, 6) is -0.0714. The number of fused-ring (bicyclic) bond motifs is 3. The molecule has 0 aliphatic carbocycles. The fourth-order valence-electron chi connectivity index (χ4n) is 13.8. The summed E-state index contributed by atoms with van der Waals surface area (Å²) in [7, 11) is -1.51. The van der Waals surface area contributed by atoms with Gasteiger partial charge in [0.2, 0.25) is 0 Å². The molecule has 10 heterocycles. The van der Waals surface area contributed by atoms with Gasteiger partial charge in [-0.25, -0.2) is 0 Å². The Bertz CT molecular complexity index is 6740. The van der Waals surface area contributed by atoms with E-state index in [4.69, 9.17) is 0 Å². The summed E-state index contributed by atoms with van der Waals surface area (Å²) in [5.41, 5.74) is 9.82. The van der Waals surface area contributed by atoms with E-state index in [-0.39, 0.29) is 155 Å². The predicted molar refractivity (Wildman–Crippen MR) is 599 cm³/mol. The first-order valence-electron chi connectivity index (χ1n) is 47.7. The molecule has 10 aromatic heterocycles. The van der Waals surface area contributed by atoms with Gasteiger partial charge < -0.3 is 50.5 Å². The first-order valence-corrected chi connectivity index (χ1v) is 56.7. The van der Waals surface area contributed by atoms with Crippen LogP contribution in [0.3, 0.4) is 0 Å². The van der Waals surface area contributed by atoms with Crippen molar-refractivity contribution >= 4 is 91.1 Å². The molecule has 0 bridgehead atoms. The van der Waals surface area contributed by atoms with Crippen molar-refractivity contribution in [3.8, 4) is 46.1 Å². The van der Waals surface area contributed by atoms with Crippen LogP contribution in [0.2, 0.25) is 0 Å². The summed E-state index contributed by atoms with van der Waals surface area (Å²) >= 11 is 0. The minimum atomic E-state index is -4.59. The number of aliphatic hydroxyl groups is 2. The first-order chi connectivity index (χ1) is 69.9. The van der Waals surface area contributed by atoms with E-state index >= 15 is 0 Å². The Morgan fingerprint density at radius 1 is 0.300 bits per heavy atom. The van der Waals surface area contributed by atoms with E-state index in [0.29, 0.717) is 28.9 Å². The molecule has 0 amide bonds. The third kappa shape index (κ3) is 41.0. The van der Waals surface area contributed by atoms with E-state index < -0.39 is 45.9 Å². The average molecular weight is 2590 g/mol. The van der Waals surface area contributed by atoms with Gasteiger partial charge in [-0.1, -0.05) is 277 Å². The third-order valence-electron chi connectivity index (χ3n) is 22.3. The second kappa shape index (κ2) is 60.8. The summed E-state index contributed by atoms with van der Waals surface area (Å²) in [6.07, 6.45) is 1.70. The number of alkyl halides is 6. The molecule has 2 N–H and O–H groups in total. The van der Waals surface area contributed by atoms with Gasteiger partial charge in [0.25, 0.3) is 0 Å². The number of nitrogens with zero attached hydrogens (tertiary/aromatic N) is 18. The van der Waals surface area contributed by atoms with Crippen molar-refractivity contribution in [2.75, 3.05) is 40.0 Å². The van der Waals surface area contributed by atoms with Gasteiger partial charge in [0.05, 0.1) is 121 Å². The van der Waals surface area contributed by atoms with E-state index in [1.165, 1.54) is 61.4 Å². The van der Waals surface area contributed by atoms with Crippen LogP contribution in [0.1, 0.15) is 146 Å². The van der Waals surface area contributed by atoms with Crippen LogP contribution in [0.5, 0.6) is 0 Å². The molecule has 779 valence electrons. The normalized spacial score (nSPS) is 11.4. The SMILES string of the molecule is CC(C)(C)c1ccnc(-c2nc(C(F)(F)F)n[n-]2)c1.CC(C)(C)c1ccnc(-c2nc(C(F)(F)F)n[n-]2)c1.C[PH+](C)c1ccccc1.C[PH+](C)c1ccccc1.C[PH+](c1ccccc1)c1ccccc1.C[PH+](c1ccccc1)c1ccccc1.Cc1n[n-]c(-c2cc(C(C)(C)C)ccn2)n1.Cc1n[n-]c(-c2cc(C(C)(C)C)ccn2)n1.OC(=CC(O)c1ccccc1)c1ccccc1.[Eu].[Os+2].[Os+2].c1cnc2c(c1)ccc1cccnc12. The smallest absolute Gasteiger partial charge is 0.508 e. The molecule has 0 saturated carbocycles. The quantitative estimate of drug-likeness (QED) is 0.0469. The number of aryl methyl sites for hydroxylation is 2. The van der Waals surface area contributed by atoms with Gasteiger partial charge in [0.1, 0.15) is 23.5 Å². The van der Waals surface area contributed by atoms with Crippen molar-refractivity contribution in [2.24, 2.45) is 0 Å². The molecule has 9 aromatic carbocycles. The van der Waals surface area contributed by atoms with Crippen molar-refractivity contribution in [1.29, 1.82) is 0 Å². The Kier molecular flexibility index (Phi) is 50.8. The van der Waals surface area contributed by atoms with E-state index in [1.807, 2.05) is 152 Å². The van der Waals surface area contributed by atoms with Crippen LogP contribution in [-0.2, 0) is 73.6 Å². The zero-order valence-corrected chi connectivity index (χ0v) is 99.1. The van der Waals surface area contributed by atoms with Crippen molar-refractivity contribution in [2.45, 2.75) is 137 Å². The molecule has 0 aliphatic heterocycles. The Balaban J connectivity index is 0.000000226. The van der Waals surface area contributed by atoms with Gasteiger partial charge in [-0.15, -0.1) is 0 Å². The van der Waals surface area contributed by atoms with Crippen LogP contribution in [-0.4, -0.2) is 120 Å². The molecule has 0 fully saturated rings. The van der Waals surface area contributed by atoms with Gasteiger partial charge in [0, 0.05) is 130 Å². The average Bonchev–Trinajstić information content (AvgIpc) is 1.35. The molecule has 1 radical (unpaired) electrons. The Hall–Kier alpha value is -11.4. The second-order valence-corrected chi connectivity index (χ2v) is 48.4. The summed E-state index contributed by atoms with van der Waals surface area (Å²) in [4.78, 5) is 40.4. The van der Waals surface area contributed by atoms with E-state index in [2.05, 4.69) is 378 Å². The van der Waals surface area contributed by atoms with Crippen molar-refractivity contribution < 1.29 is 126 Å². The Labute approximate surface area is 948 Å². The minimum absolute atomic E-state index is 0. The molecule has 0 aliphatic rings. The third-order valence-corrected chi connectivity index (χ3v) is 30.1. The number of rotatable bonds is 13. The second-order valence-electron chi connectivity index (χ2n) is 38.4. The number of hydrogen-bond acceptors (Lipinski definition) is 16. The fraction of sp³-hybridized carbons (Fsp3) is 0.231. The molecular weight excluding hydrogens is 2460 g/mol.